The zero-order valence-corrected chi connectivity index (χ0v) is 16.3. The van der Waals surface area contributed by atoms with Crippen molar-refractivity contribution in [1.82, 2.24) is 0 Å². The van der Waals surface area contributed by atoms with Crippen LogP contribution in [0.5, 0.6) is 0 Å². The Labute approximate surface area is 156 Å². The van der Waals surface area contributed by atoms with Crippen molar-refractivity contribution in [3.8, 4) is 0 Å². The second-order valence-corrected chi connectivity index (χ2v) is 7.91. The molecule has 10 heteroatoms. The molecule has 0 fully saturated rings. The zero-order valence-electron chi connectivity index (χ0n) is 15.5. The first-order chi connectivity index (χ1) is 12.6. The lowest BCUT2D eigenvalue weighted by molar-refractivity contribution is -0.753. The molecule has 0 aliphatic heterocycles. The fourth-order valence-corrected chi connectivity index (χ4v) is 3.21. The fraction of sp³-hybridized carbons (Fsp3) is 1.00. The van der Waals surface area contributed by atoms with E-state index in [4.69, 9.17) is 9.81 Å². The molecule has 0 unspecified atom stereocenters. The van der Waals surface area contributed by atoms with Gasteiger partial charge in [-0.15, -0.1) is 0 Å². The van der Waals surface area contributed by atoms with Gasteiger partial charge in [-0.25, -0.2) is 10.1 Å². The summed E-state index contributed by atoms with van der Waals surface area (Å²) in [5, 5.41) is 22.3. The minimum Gasteiger partial charge on any atom is -0.286 e. The summed E-state index contributed by atoms with van der Waals surface area (Å²) in [6, 6.07) is 0. The van der Waals surface area contributed by atoms with Crippen molar-refractivity contribution in [3.63, 3.8) is 0 Å². The lowest BCUT2D eigenvalue weighted by Crippen LogP contribution is -2.03. The van der Waals surface area contributed by atoms with Crippen molar-refractivity contribution in [2.45, 2.75) is 89.9 Å². The molecule has 0 aromatic heterocycles. The smallest absolute Gasteiger partial charge is 0.264 e. The SMILES string of the molecule is O=S(=O)(O)CCCCCCCCCCCCCCCCOOOOOO. The molecule has 0 bridgehead atoms. The van der Waals surface area contributed by atoms with Crippen LogP contribution in [0.3, 0.4) is 0 Å². The van der Waals surface area contributed by atoms with E-state index in [1.807, 2.05) is 0 Å². The average Bonchev–Trinajstić information content (AvgIpc) is 2.59. The molecule has 0 saturated carbocycles. The molecule has 0 spiro atoms. The molecule has 0 saturated heterocycles. The third kappa shape index (κ3) is 23.7. The molecule has 0 aromatic carbocycles. The first-order valence-electron chi connectivity index (χ1n) is 9.44. The van der Waals surface area contributed by atoms with E-state index in [0.29, 0.717) is 13.0 Å². The maximum atomic E-state index is 10.5. The number of hydrogen-bond donors (Lipinski definition) is 2. The Balaban J connectivity index is 3.03. The molecule has 158 valence electrons. The highest BCUT2D eigenvalue weighted by Crippen LogP contribution is 2.13. The predicted octanol–water partition coefficient (Wildman–Crippen LogP) is 4.55. The predicted molar refractivity (Wildman–Crippen MR) is 94.0 cm³/mol. The second kappa shape index (κ2) is 19.4. The van der Waals surface area contributed by atoms with E-state index in [2.05, 4.69) is 25.0 Å². The summed E-state index contributed by atoms with van der Waals surface area (Å²) < 4.78 is 29.7. The first-order valence-corrected chi connectivity index (χ1v) is 11.1. The van der Waals surface area contributed by atoms with Crippen molar-refractivity contribution in [3.05, 3.63) is 0 Å². The van der Waals surface area contributed by atoms with Crippen LogP contribution in [-0.2, 0) is 35.2 Å². The highest BCUT2D eigenvalue weighted by atomic mass is 32.2. The summed E-state index contributed by atoms with van der Waals surface area (Å²) in [7, 11) is -3.78. The third-order valence-electron chi connectivity index (χ3n) is 4.01. The molecule has 0 heterocycles. The van der Waals surface area contributed by atoms with E-state index in [-0.39, 0.29) is 5.75 Å². The van der Waals surface area contributed by atoms with Crippen LogP contribution in [0.1, 0.15) is 89.9 Å². The van der Waals surface area contributed by atoms with Crippen LogP contribution in [0.4, 0.5) is 0 Å². The van der Waals surface area contributed by atoms with Crippen LogP contribution < -0.4 is 0 Å². The van der Waals surface area contributed by atoms with Crippen LogP contribution in [-0.4, -0.2) is 30.6 Å². The van der Waals surface area contributed by atoms with E-state index >= 15 is 0 Å². The molecule has 0 radical (unpaired) electrons. The standard InChI is InChI=1S/C16H34O9S/c17-22-24-25-23-21-15-13-11-9-7-5-3-1-2-4-6-8-10-12-14-16-26(18,19)20/h17H,1-16H2,(H,18,19,20). The van der Waals surface area contributed by atoms with Gasteiger partial charge in [0.1, 0.15) is 0 Å². The van der Waals surface area contributed by atoms with Gasteiger partial charge in [-0.05, 0) is 33.0 Å². The highest BCUT2D eigenvalue weighted by molar-refractivity contribution is 7.85. The maximum Gasteiger partial charge on any atom is 0.264 e. The molecule has 2 N–H and O–H groups in total. The first kappa shape index (κ1) is 25.7. The van der Waals surface area contributed by atoms with Gasteiger partial charge in [-0.1, -0.05) is 77.0 Å². The van der Waals surface area contributed by atoms with Crippen molar-refractivity contribution in [2.75, 3.05) is 12.4 Å². The summed E-state index contributed by atoms with van der Waals surface area (Å²) in [6.07, 6.45) is 15.4. The van der Waals surface area contributed by atoms with Gasteiger partial charge in [0.2, 0.25) is 0 Å². The van der Waals surface area contributed by atoms with Gasteiger partial charge in [-0.3, -0.25) is 4.55 Å². The van der Waals surface area contributed by atoms with E-state index in [1.54, 1.807) is 0 Å². The summed E-state index contributed by atoms with van der Waals surface area (Å²) in [6.45, 7) is 0.380. The molecule has 0 aliphatic carbocycles. The molecule has 9 nitrogen and oxygen atoms in total. The topological polar surface area (TPSA) is 121 Å². The summed E-state index contributed by atoms with van der Waals surface area (Å²) >= 11 is 0. The van der Waals surface area contributed by atoms with Gasteiger partial charge in [0.25, 0.3) is 10.1 Å². The van der Waals surface area contributed by atoms with Crippen LogP contribution in [0.25, 0.3) is 0 Å². The molecule has 0 amide bonds. The van der Waals surface area contributed by atoms with Crippen molar-refractivity contribution < 1.29 is 43.3 Å². The molecule has 26 heavy (non-hydrogen) atoms. The Kier molecular flexibility index (Phi) is 19.2. The van der Waals surface area contributed by atoms with Crippen LogP contribution >= 0.6 is 0 Å². The van der Waals surface area contributed by atoms with E-state index in [1.165, 1.54) is 44.9 Å². The Hall–Kier alpha value is -0.330. The van der Waals surface area contributed by atoms with Crippen molar-refractivity contribution >= 4 is 10.1 Å². The molecule has 0 atom stereocenters. The highest BCUT2D eigenvalue weighted by Gasteiger charge is 2.02. The molecule has 0 aromatic rings. The normalized spacial score (nSPS) is 11.9. The summed E-state index contributed by atoms with van der Waals surface area (Å²) in [5.41, 5.74) is 0. The molecule has 0 rings (SSSR count). The lowest BCUT2D eigenvalue weighted by atomic mass is 10.0. The fourth-order valence-electron chi connectivity index (χ4n) is 2.64. The van der Waals surface area contributed by atoms with Crippen LogP contribution in [0.15, 0.2) is 0 Å². The quantitative estimate of drug-likeness (QED) is 0.123. The molecule has 0 aliphatic rings. The average molecular weight is 403 g/mol. The Morgan fingerprint density at radius 3 is 1.42 bits per heavy atom. The minimum absolute atomic E-state index is 0.114. The Morgan fingerprint density at radius 1 is 0.577 bits per heavy atom. The van der Waals surface area contributed by atoms with E-state index < -0.39 is 10.1 Å². The van der Waals surface area contributed by atoms with Gasteiger partial charge < -0.3 is 0 Å². The van der Waals surface area contributed by atoms with E-state index in [9.17, 15) is 8.42 Å². The second-order valence-electron chi connectivity index (χ2n) is 6.34. The number of unbranched alkanes of at least 4 members (excludes halogenated alkanes) is 13. The van der Waals surface area contributed by atoms with Crippen LogP contribution in [0, 0.1) is 0 Å². The lowest BCUT2D eigenvalue weighted by Gasteiger charge is -2.03. The number of rotatable bonds is 21. The minimum atomic E-state index is -3.78. The summed E-state index contributed by atoms with van der Waals surface area (Å²) in [5.74, 6) is -0.114. The Morgan fingerprint density at radius 2 is 1.00 bits per heavy atom. The van der Waals surface area contributed by atoms with Gasteiger partial charge in [0, 0.05) is 0 Å². The monoisotopic (exact) mass is 402 g/mol. The molecular weight excluding hydrogens is 368 g/mol. The van der Waals surface area contributed by atoms with Crippen molar-refractivity contribution in [1.29, 1.82) is 0 Å². The number of hydrogen-bond acceptors (Lipinski definition) is 8. The Bertz CT molecular complexity index is 376. The molecular formula is C16H34O9S. The van der Waals surface area contributed by atoms with Crippen LogP contribution in [0.2, 0.25) is 0 Å². The van der Waals surface area contributed by atoms with Gasteiger partial charge >= 0.3 is 0 Å². The third-order valence-corrected chi connectivity index (χ3v) is 4.82. The summed E-state index contributed by atoms with van der Waals surface area (Å²) in [4.78, 5) is 4.59. The van der Waals surface area contributed by atoms with Gasteiger partial charge in [0.05, 0.1) is 12.4 Å². The largest absolute Gasteiger partial charge is 0.286 e. The van der Waals surface area contributed by atoms with Gasteiger partial charge in [-0.2, -0.15) is 8.42 Å². The maximum absolute atomic E-state index is 10.5. The van der Waals surface area contributed by atoms with Crippen molar-refractivity contribution in [2.24, 2.45) is 0 Å². The zero-order chi connectivity index (χ0) is 19.3. The van der Waals surface area contributed by atoms with E-state index in [0.717, 1.165) is 38.5 Å². The van der Waals surface area contributed by atoms with Gasteiger partial charge in [0.15, 0.2) is 0 Å².